The van der Waals surface area contributed by atoms with E-state index in [2.05, 4.69) is 18.3 Å². The molecule has 0 amide bonds. The quantitative estimate of drug-likeness (QED) is 0.846. The fourth-order valence-electron chi connectivity index (χ4n) is 2.27. The monoisotopic (exact) mass is 221 g/mol. The highest BCUT2D eigenvalue weighted by Crippen LogP contribution is 2.36. The van der Waals surface area contributed by atoms with Crippen molar-refractivity contribution in [1.29, 1.82) is 0 Å². The number of morpholine rings is 1. The summed E-state index contributed by atoms with van der Waals surface area (Å²) in [7, 11) is 1.71. The molecule has 1 aliphatic rings. The average molecular weight is 221 g/mol. The zero-order valence-corrected chi connectivity index (χ0v) is 9.95. The molecule has 1 aliphatic heterocycles. The Bertz CT molecular complexity index is 346. The second kappa shape index (κ2) is 4.85. The van der Waals surface area contributed by atoms with Gasteiger partial charge >= 0.3 is 0 Å². The summed E-state index contributed by atoms with van der Waals surface area (Å²) in [5.74, 6) is 0.910. The number of para-hydroxylation sites is 1. The summed E-state index contributed by atoms with van der Waals surface area (Å²) in [6.45, 7) is 4.69. The van der Waals surface area contributed by atoms with Gasteiger partial charge in [0.25, 0.3) is 0 Å². The second-order valence-corrected chi connectivity index (χ2v) is 4.07. The minimum absolute atomic E-state index is 0.231. The van der Waals surface area contributed by atoms with Gasteiger partial charge in [-0.25, -0.2) is 0 Å². The lowest BCUT2D eigenvalue weighted by Crippen LogP contribution is -2.47. The molecule has 0 bridgehead atoms. The van der Waals surface area contributed by atoms with Gasteiger partial charge in [0.15, 0.2) is 0 Å². The Morgan fingerprint density at radius 2 is 2.25 bits per heavy atom. The van der Waals surface area contributed by atoms with Crippen LogP contribution in [-0.2, 0) is 10.3 Å². The van der Waals surface area contributed by atoms with Crippen molar-refractivity contribution >= 4 is 0 Å². The van der Waals surface area contributed by atoms with Gasteiger partial charge in [-0.3, -0.25) is 0 Å². The van der Waals surface area contributed by atoms with Gasteiger partial charge in [0.2, 0.25) is 0 Å². The van der Waals surface area contributed by atoms with E-state index < -0.39 is 0 Å². The smallest absolute Gasteiger partial charge is 0.125 e. The van der Waals surface area contributed by atoms with Crippen molar-refractivity contribution in [2.45, 2.75) is 18.9 Å². The molecule has 3 heteroatoms. The first-order chi connectivity index (χ1) is 7.82. The van der Waals surface area contributed by atoms with E-state index >= 15 is 0 Å². The van der Waals surface area contributed by atoms with Crippen molar-refractivity contribution in [2.75, 3.05) is 26.8 Å². The molecule has 0 aromatic heterocycles. The van der Waals surface area contributed by atoms with Gasteiger partial charge < -0.3 is 14.8 Å². The summed E-state index contributed by atoms with van der Waals surface area (Å²) >= 11 is 0. The van der Waals surface area contributed by atoms with Crippen molar-refractivity contribution in [3.8, 4) is 5.75 Å². The predicted molar refractivity (Wildman–Crippen MR) is 63.8 cm³/mol. The molecule has 88 valence electrons. The summed E-state index contributed by atoms with van der Waals surface area (Å²) < 4.78 is 11.4. The summed E-state index contributed by atoms with van der Waals surface area (Å²) in [5, 5.41) is 3.40. The van der Waals surface area contributed by atoms with E-state index in [1.165, 1.54) is 0 Å². The van der Waals surface area contributed by atoms with Crippen LogP contribution in [0.1, 0.15) is 18.9 Å². The van der Waals surface area contributed by atoms with Gasteiger partial charge in [0.05, 0.1) is 13.7 Å². The molecule has 1 aromatic carbocycles. The summed E-state index contributed by atoms with van der Waals surface area (Å²) in [4.78, 5) is 0. The maximum atomic E-state index is 6.00. The zero-order chi connectivity index (χ0) is 11.4. The average Bonchev–Trinajstić information content (AvgIpc) is 2.39. The van der Waals surface area contributed by atoms with Gasteiger partial charge in [-0.2, -0.15) is 0 Å². The zero-order valence-electron chi connectivity index (χ0n) is 9.95. The first-order valence-corrected chi connectivity index (χ1v) is 5.80. The molecule has 0 radical (unpaired) electrons. The van der Waals surface area contributed by atoms with Crippen molar-refractivity contribution in [1.82, 2.24) is 5.32 Å². The lowest BCUT2D eigenvalue weighted by Gasteiger charge is -2.38. The van der Waals surface area contributed by atoms with Crippen LogP contribution in [0.3, 0.4) is 0 Å². The summed E-state index contributed by atoms with van der Waals surface area (Å²) in [5.41, 5.74) is 0.914. The molecule has 1 fully saturated rings. The van der Waals surface area contributed by atoms with Gasteiger partial charge in [0, 0.05) is 18.7 Å². The molecule has 3 nitrogen and oxygen atoms in total. The highest BCUT2D eigenvalue weighted by molar-refractivity contribution is 5.38. The lowest BCUT2D eigenvalue weighted by atomic mass is 9.89. The number of rotatable bonds is 3. The van der Waals surface area contributed by atoms with E-state index in [-0.39, 0.29) is 5.60 Å². The van der Waals surface area contributed by atoms with Crippen molar-refractivity contribution < 1.29 is 9.47 Å². The Kier molecular flexibility index (Phi) is 3.46. The molecule has 2 rings (SSSR count). The highest BCUT2D eigenvalue weighted by atomic mass is 16.5. The molecular weight excluding hydrogens is 202 g/mol. The molecule has 16 heavy (non-hydrogen) atoms. The predicted octanol–water partition coefficient (Wildman–Crippen LogP) is 1.92. The molecule has 1 N–H and O–H groups in total. The van der Waals surface area contributed by atoms with E-state index in [9.17, 15) is 0 Å². The maximum Gasteiger partial charge on any atom is 0.125 e. The Morgan fingerprint density at radius 1 is 1.44 bits per heavy atom. The largest absolute Gasteiger partial charge is 0.496 e. The molecule has 1 unspecified atom stereocenters. The molecule has 1 aromatic rings. The van der Waals surface area contributed by atoms with E-state index in [4.69, 9.17) is 9.47 Å². The van der Waals surface area contributed by atoms with Crippen LogP contribution in [0.25, 0.3) is 0 Å². The summed E-state index contributed by atoms with van der Waals surface area (Å²) in [6, 6.07) is 8.11. The third-order valence-electron chi connectivity index (χ3n) is 3.24. The fourth-order valence-corrected chi connectivity index (χ4v) is 2.27. The third-order valence-corrected chi connectivity index (χ3v) is 3.24. The van der Waals surface area contributed by atoms with Crippen LogP contribution < -0.4 is 10.1 Å². The maximum absolute atomic E-state index is 6.00. The Morgan fingerprint density at radius 3 is 2.88 bits per heavy atom. The Balaban J connectivity index is 2.38. The first kappa shape index (κ1) is 11.4. The Hall–Kier alpha value is -1.06. The van der Waals surface area contributed by atoms with Crippen LogP contribution in [0.5, 0.6) is 5.75 Å². The highest BCUT2D eigenvalue weighted by Gasteiger charge is 2.35. The van der Waals surface area contributed by atoms with Gasteiger partial charge in [0.1, 0.15) is 11.4 Å². The van der Waals surface area contributed by atoms with Crippen LogP contribution in [0.4, 0.5) is 0 Å². The van der Waals surface area contributed by atoms with Gasteiger partial charge in [-0.15, -0.1) is 0 Å². The van der Waals surface area contributed by atoms with Crippen molar-refractivity contribution in [3.05, 3.63) is 29.8 Å². The molecule has 0 spiro atoms. The SMILES string of the molecule is CCC1(c2ccccc2OC)CNCCO1. The number of methoxy groups -OCH3 is 1. The van der Waals surface area contributed by atoms with Crippen molar-refractivity contribution in [2.24, 2.45) is 0 Å². The van der Waals surface area contributed by atoms with E-state index in [1.807, 2.05) is 18.2 Å². The molecule has 1 atom stereocenters. The number of benzene rings is 1. The van der Waals surface area contributed by atoms with Gasteiger partial charge in [-0.05, 0) is 12.5 Å². The van der Waals surface area contributed by atoms with Crippen LogP contribution in [0, 0.1) is 0 Å². The number of ether oxygens (including phenoxy) is 2. The van der Waals surface area contributed by atoms with E-state index in [0.29, 0.717) is 0 Å². The normalized spacial score (nSPS) is 25.4. The number of hydrogen-bond acceptors (Lipinski definition) is 3. The minimum atomic E-state index is -0.231. The number of hydrogen-bond donors (Lipinski definition) is 1. The van der Waals surface area contributed by atoms with Crippen LogP contribution in [0.2, 0.25) is 0 Å². The minimum Gasteiger partial charge on any atom is -0.496 e. The van der Waals surface area contributed by atoms with Crippen molar-refractivity contribution in [3.63, 3.8) is 0 Å². The van der Waals surface area contributed by atoms with E-state index in [1.54, 1.807) is 7.11 Å². The van der Waals surface area contributed by atoms with Crippen LogP contribution in [-0.4, -0.2) is 26.8 Å². The van der Waals surface area contributed by atoms with Gasteiger partial charge in [-0.1, -0.05) is 25.1 Å². The first-order valence-electron chi connectivity index (χ1n) is 5.80. The molecule has 0 saturated carbocycles. The van der Waals surface area contributed by atoms with Crippen LogP contribution >= 0.6 is 0 Å². The summed E-state index contributed by atoms with van der Waals surface area (Å²) in [6.07, 6.45) is 0.945. The Labute approximate surface area is 96.8 Å². The molecular formula is C13H19NO2. The molecule has 1 heterocycles. The fraction of sp³-hybridized carbons (Fsp3) is 0.538. The topological polar surface area (TPSA) is 30.5 Å². The standard InChI is InChI=1S/C13H19NO2/c1-3-13(10-14-8-9-16-13)11-6-4-5-7-12(11)15-2/h4-7,14H,3,8-10H2,1-2H3. The lowest BCUT2D eigenvalue weighted by molar-refractivity contribution is -0.0748. The molecule has 0 aliphatic carbocycles. The van der Waals surface area contributed by atoms with Crippen LogP contribution in [0.15, 0.2) is 24.3 Å². The third kappa shape index (κ3) is 1.93. The number of nitrogens with one attached hydrogen (secondary N) is 1. The molecule has 1 saturated heterocycles. The second-order valence-electron chi connectivity index (χ2n) is 4.07. The van der Waals surface area contributed by atoms with E-state index in [0.717, 1.165) is 37.4 Å².